The highest BCUT2D eigenvalue weighted by Gasteiger charge is 1.97. The van der Waals surface area contributed by atoms with E-state index < -0.39 is 0 Å². The first-order valence-corrected chi connectivity index (χ1v) is 20.2. The summed E-state index contributed by atoms with van der Waals surface area (Å²) >= 11 is 0. The van der Waals surface area contributed by atoms with Gasteiger partial charge in [-0.05, 0) is 12.8 Å². The Morgan fingerprint density at radius 2 is 0.432 bits per heavy atom. The van der Waals surface area contributed by atoms with E-state index in [0.717, 1.165) is 13.2 Å². The average Bonchev–Trinajstić information content (AvgIpc) is 3.04. The third-order valence-electron chi connectivity index (χ3n) is 8.76. The van der Waals surface area contributed by atoms with Gasteiger partial charge < -0.3 is 19.7 Å². The van der Waals surface area contributed by atoms with Crippen molar-refractivity contribution in [3.8, 4) is 0 Å². The molecule has 0 bridgehead atoms. The molecule has 0 amide bonds. The topological polar surface area (TPSA) is 58.9 Å². The van der Waals surface area contributed by atoms with Gasteiger partial charge in [0.25, 0.3) is 0 Å². The van der Waals surface area contributed by atoms with Crippen LogP contribution in [0.25, 0.3) is 0 Å². The van der Waals surface area contributed by atoms with Crippen LogP contribution in [0.2, 0.25) is 0 Å². The summed E-state index contributed by atoms with van der Waals surface area (Å²) in [7, 11) is 0. The van der Waals surface area contributed by atoms with Crippen molar-refractivity contribution in [3.05, 3.63) is 0 Å². The molecule has 0 spiro atoms. The molecule has 0 saturated heterocycles. The van der Waals surface area contributed by atoms with Crippen molar-refractivity contribution in [2.45, 2.75) is 219 Å². The molecule has 4 nitrogen and oxygen atoms in total. The molecule has 0 fully saturated rings. The molecule has 0 radical (unpaired) electrons. The van der Waals surface area contributed by atoms with E-state index in [9.17, 15) is 0 Å². The van der Waals surface area contributed by atoms with Crippen molar-refractivity contribution >= 4 is 0 Å². The van der Waals surface area contributed by atoms with Gasteiger partial charge in [0.2, 0.25) is 0 Å². The minimum Gasteiger partial charge on any atom is -0.394 e. The third-order valence-corrected chi connectivity index (χ3v) is 8.76. The van der Waals surface area contributed by atoms with E-state index in [1.165, 1.54) is 205 Å². The van der Waals surface area contributed by atoms with E-state index in [-0.39, 0.29) is 13.2 Å². The van der Waals surface area contributed by atoms with Gasteiger partial charge in [-0.25, -0.2) is 0 Å². The van der Waals surface area contributed by atoms with Crippen LogP contribution in [0.15, 0.2) is 0 Å². The minimum absolute atomic E-state index is 0.0278. The Morgan fingerprint density at radius 1 is 0.250 bits per heavy atom. The van der Waals surface area contributed by atoms with Gasteiger partial charge >= 0.3 is 0 Å². The van der Waals surface area contributed by atoms with E-state index in [1.807, 2.05) is 0 Å². The van der Waals surface area contributed by atoms with Gasteiger partial charge in [0.15, 0.2) is 0 Å². The summed E-state index contributed by atoms with van der Waals surface area (Å²) in [6.07, 6.45) is 46.0. The minimum atomic E-state index is 0.0278. The molecule has 0 saturated carbocycles. The van der Waals surface area contributed by atoms with Crippen molar-refractivity contribution in [3.63, 3.8) is 0 Å². The molecule has 2 N–H and O–H groups in total. The van der Waals surface area contributed by atoms with Gasteiger partial charge in [0.05, 0.1) is 26.4 Å². The van der Waals surface area contributed by atoms with Crippen molar-refractivity contribution in [2.24, 2.45) is 0 Å². The predicted octanol–water partition coefficient (Wildman–Crippen LogP) is 12.5. The molecule has 0 aromatic carbocycles. The number of ether oxygens (including phenoxy) is 2. The number of hydrogen-bond acceptors (Lipinski definition) is 4. The molecule has 0 aromatic heterocycles. The lowest BCUT2D eigenvalue weighted by Gasteiger charge is -2.06. The lowest BCUT2D eigenvalue weighted by atomic mass is 10.0. The maximum atomic E-state index is 8.09. The Kier molecular flexibility index (Phi) is 49.4. The van der Waals surface area contributed by atoms with E-state index in [2.05, 4.69) is 18.6 Å². The Bertz CT molecular complexity index is 407. The smallest absolute Gasteiger partial charge is 0.0698 e. The molecular formula is C40H84O4. The Balaban J connectivity index is 0. The van der Waals surface area contributed by atoms with E-state index in [4.69, 9.17) is 14.9 Å². The number of aliphatic hydroxyl groups excluding tert-OH is 2. The molecule has 0 rings (SSSR count). The van der Waals surface area contributed by atoms with Crippen LogP contribution in [0, 0.1) is 0 Å². The summed E-state index contributed by atoms with van der Waals surface area (Å²) in [6, 6.07) is 0. The van der Waals surface area contributed by atoms with Gasteiger partial charge in [-0.15, -0.1) is 0 Å². The first-order valence-electron chi connectivity index (χ1n) is 20.2. The number of rotatable bonds is 38. The zero-order valence-corrected chi connectivity index (χ0v) is 30.6. The molecular weight excluding hydrogens is 544 g/mol. The molecule has 0 aromatic rings. The summed E-state index contributed by atoms with van der Waals surface area (Å²) in [5.74, 6) is 0. The molecule has 0 atom stereocenters. The molecule has 0 aliphatic rings. The fourth-order valence-corrected chi connectivity index (χ4v) is 5.84. The maximum Gasteiger partial charge on any atom is 0.0698 e. The van der Waals surface area contributed by atoms with Crippen LogP contribution in [-0.4, -0.2) is 49.9 Å². The largest absolute Gasteiger partial charge is 0.394 e. The van der Waals surface area contributed by atoms with Crippen molar-refractivity contribution in [1.82, 2.24) is 0 Å². The normalized spacial score (nSPS) is 11.2. The van der Waals surface area contributed by atoms with Crippen LogP contribution >= 0.6 is 0 Å². The van der Waals surface area contributed by atoms with Crippen molar-refractivity contribution < 1.29 is 19.7 Å². The first kappa shape index (κ1) is 46.0. The summed E-state index contributed by atoms with van der Waals surface area (Å²) in [6.45, 7) is 7.30. The zero-order chi connectivity index (χ0) is 32.3. The lowest BCUT2D eigenvalue weighted by molar-refractivity contribution is 0.0650. The summed E-state index contributed by atoms with van der Waals surface area (Å²) in [5, 5.41) is 16.2. The Labute approximate surface area is 278 Å². The van der Waals surface area contributed by atoms with E-state index in [0.29, 0.717) is 13.2 Å². The highest BCUT2D eigenvalue weighted by atomic mass is 16.5. The SMILES string of the molecule is CCCCCCCCCCCCCCCCCCOCCCCCCCCCCCCCCCCCC.OCCOCCO. The summed E-state index contributed by atoms with van der Waals surface area (Å²) in [4.78, 5) is 0. The van der Waals surface area contributed by atoms with Crippen LogP contribution < -0.4 is 0 Å². The molecule has 44 heavy (non-hydrogen) atoms. The van der Waals surface area contributed by atoms with Crippen LogP contribution in [0.3, 0.4) is 0 Å². The molecule has 0 aliphatic carbocycles. The average molecular weight is 629 g/mol. The Hall–Kier alpha value is -0.160. The quantitative estimate of drug-likeness (QED) is 0.0668. The molecule has 4 heteroatoms. The standard InChI is InChI=1S/C36H74O.C4H10O3/c1-3-5-7-9-11-13-15-17-19-21-23-25-27-29-31-33-35-37-36-34-32-30-28-26-24-22-20-18-16-14-12-10-8-6-4-2;5-1-3-7-4-2-6/h3-36H2,1-2H3;5-6H,1-4H2. The van der Waals surface area contributed by atoms with Gasteiger partial charge in [-0.3, -0.25) is 0 Å². The van der Waals surface area contributed by atoms with Gasteiger partial charge in [-0.1, -0.05) is 206 Å². The third kappa shape index (κ3) is 48.7. The van der Waals surface area contributed by atoms with Crippen molar-refractivity contribution in [2.75, 3.05) is 39.6 Å². The van der Waals surface area contributed by atoms with Crippen LogP contribution in [-0.2, 0) is 9.47 Å². The number of hydrogen-bond donors (Lipinski definition) is 2. The second-order valence-corrected chi connectivity index (χ2v) is 13.3. The number of aliphatic hydroxyl groups is 2. The molecule has 0 aliphatic heterocycles. The van der Waals surface area contributed by atoms with Crippen LogP contribution in [0.4, 0.5) is 0 Å². The maximum absolute atomic E-state index is 8.09. The van der Waals surface area contributed by atoms with Crippen molar-refractivity contribution in [1.29, 1.82) is 0 Å². The molecule has 0 unspecified atom stereocenters. The van der Waals surface area contributed by atoms with Crippen LogP contribution in [0.1, 0.15) is 219 Å². The van der Waals surface area contributed by atoms with Gasteiger partial charge in [0, 0.05) is 13.2 Å². The van der Waals surface area contributed by atoms with Gasteiger partial charge in [-0.2, -0.15) is 0 Å². The highest BCUT2D eigenvalue weighted by molar-refractivity contribution is 4.52. The summed E-state index contributed by atoms with van der Waals surface area (Å²) < 4.78 is 10.5. The second kappa shape index (κ2) is 47.2. The lowest BCUT2D eigenvalue weighted by Crippen LogP contribution is -2.03. The van der Waals surface area contributed by atoms with E-state index in [1.54, 1.807) is 0 Å². The fraction of sp³-hybridized carbons (Fsp3) is 1.00. The Morgan fingerprint density at radius 3 is 0.636 bits per heavy atom. The van der Waals surface area contributed by atoms with Gasteiger partial charge in [0.1, 0.15) is 0 Å². The molecule has 268 valence electrons. The summed E-state index contributed by atoms with van der Waals surface area (Å²) in [5.41, 5.74) is 0. The van der Waals surface area contributed by atoms with E-state index >= 15 is 0 Å². The fourth-order valence-electron chi connectivity index (χ4n) is 5.84. The zero-order valence-electron chi connectivity index (χ0n) is 30.6. The first-order chi connectivity index (χ1) is 21.8. The predicted molar refractivity (Wildman–Crippen MR) is 195 cm³/mol. The molecule has 0 heterocycles. The number of unbranched alkanes of at least 4 members (excludes halogenated alkanes) is 30. The second-order valence-electron chi connectivity index (χ2n) is 13.3. The highest BCUT2D eigenvalue weighted by Crippen LogP contribution is 2.15. The van der Waals surface area contributed by atoms with Crippen LogP contribution in [0.5, 0.6) is 0 Å². The monoisotopic (exact) mass is 629 g/mol.